The zero-order valence-electron chi connectivity index (χ0n) is 21.1. The van der Waals surface area contributed by atoms with E-state index in [0.29, 0.717) is 11.9 Å². The standard InChI is InChI=1S/C28H31N9/c1-35-10-9-23-7-8-25(16-24(23)19-35)33-26-31-20-32-28(34-26)37-13-11-36(12-14-37)27-29-17-22(18-30-27)15-21-5-3-2-4-6-21/h2-8,16-18,20H,9-15,19H2,1H3,(H,31,32,33,34). The van der Waals surface area contributed by atoms with Crippen molar-refractivity contribution in [2.45, 2.75) is 19.4 Å². The van der Waals surface area contributed by atoms with Gasteiger partial charge in [-0.3, -0.25) is 0 Å². The fourth-order valence-corrected chi connectivity index (χ4v) is 4.95. The largest absolute Gasteiger partial charge is 0.337 e. The predicted molar refractivity (Wildman–Crippen MR) is 145 cm³/mol. The fourth-order valence-electron chi connectivity index (χ4n) is 4.95. The highest BCUT2D eigenvalue weighted by atomic mass is 15.4. The van der Waals surface area contributed by atoms with Crippen molar-refractivity contribution in [3.05, 3.63) is 89.5 Å². The summed E-state index contributed by atoms with van der Waals surface area (Å²) in [4.78, 5) is 29.5. The van der Waals surface area contributed by atoms with Crippen LogP contribution in [-0.2, 0) is 19.4 Å². The van der Waals surface area contributed by atoms with E-state index in [2.05, 4.69) is 89.5 Å². The van der Waals surface area contributed by atoms with E-state index < -0.39 is 0 Å². The monoisotopic (exact) mass is 493 g/mol. The number of nitrogens with zero attached hydrogens (tertiary/aromatic N) is 8. The van der Waals surface area contributed by atoms with Gasteiger partial charge in [0.15, 0.2) is 0 Å². The van der Waals surface area contributed by atoms with Gasteiger partial charge in [-0.05, 0) is 47.9 Å². The van der Waals surface area contributed by atoms with Crippen molar-refractivity contribution >= 4 is 23.5 Å². The molecule has 1 saturated heterocycles. The maximum atomic E-state index is 4.70. The van der Waals surface area contributed by atoms with E-state index in [9.17, 15) is 0 Å². The van der Waals surface area contributed by atoms with Crippen LogP contribution in [0, 0.1) is 0 Å². The van der Waals surface area contributed by atoms with E-state index in [1.54, 1.807) is 6.33 Å². The number of hydrogen-bond acceptors (Lipinski definition) is 9. The van der Waals surface area contributed by atoms with Gasteiger partial charge in [-0.15, -0.1) is 0 Å². The Labute approximate surface area is 217 Å². The molecular formula is C28H31N9. The van der Waals surface area contributed by atoms with Crippen LogP contribution < -0.4 is 15.1 Å². The van der Waals surface area contributed by atoms with Crippen LogP contribution in [0.1, 0.15) is 22.3 Å². The van der Waals surface area contributed by atoms with Gasteiger partial charge >= 0.3 is 0 Å². The van der Waals surface area contributed by atoms with E-state index in [1.165, 1.54) is 16.7 Å². The highest BCUT2D eigenvalue weighted by Gasteiger charge is 2.21. The van der Waals surface area contributed by atoms with Crippen LogP contribution in [0.4, 0.5) is 23.5 Å². The number of hydrogen-bond donors (Lipinski definition) is 1. The predicted octanol–water partition coefficient (Wildman–Crippen LogP) is 3.31. The maximum absolute atomic E-state index is 4.70. The first-order valence-corrected chi connectivity index (χ1v) is 12.8. The maximum Gasteiger partial charge on any atom is 0.231 e. The molecule has 1 N–H and O–H groups in total. The fraction of sp³-hybridized carbons (Fsp3) is 0.321. The molecule has 4 heterocycles. The van der Waals surface area contributed by atoms with Gasteiger partial charge in [0.05, 0.1) is 0 Å². The SMILES string of the molecule is CN1CCc2ccc(Nc3ncnc(N4CCN(c5ncc(Cc6ccccc6)cn5)CC4)n3)cc2C1. The molecule has 9 nitrogen and oxygen atoms in total. The molecule has 0 aliphatic carbocycles. The molecule has 2 aliphatic heterocycles. The van der Waals surface area contributed by atoms with E-state index in [1.807, 2.05) is 18.5 Å². The molecule has 0 radical (unpaired) electrons. The quantitative estimate of drug-likeness (QED) is 0.435. The minimum Gasteiger partial charge on any atom is -0.337 e. The Hall–Kier alpha value is -4.11. The van der Waals surface area contributed by atoms with E-state index in [-0.39, 0.29) is 0 Å². The lowest BCUT2D eigenvalue weighted by Gasteiger charge is -2.34. The molecule has 37 heavy (non-hydrogen) atoms. The number of piperazine rings is 1. The van der Waals surface area contributed by atoms with E-state index in [0.717, 1.165) is 69.3 Å². The van der Waals surface area contributed by atoms with Crippen molar-refractivity contribution in [1.82, 2.24) is 29.8 Å². The Balaban J connectivity index is 1.06. The van der Waals surface area contributed by atoms with Gasteiger partial charge < -0.3 is 20.0 Å². The Morgan fingerprint density at radius 1 is 0.757 bits per heavy atom. The topological polar surface area (TPSA) is 86.2 Å². The number of anilines is 4. The average Bonchev–Trinajstić information content (AvgIpc) is 2.94. The summed E-state index contributed by atoms with van der Waals surface area (Å²) >= 11 is 0. The Morgan fingerprint density at radius 2 is 1.51 bits per heavy atom. The van der Waals surface area contributed by atoms with Gasteiger partial charge in [-0.1, -0.05) is 36.4 Å². The number of likely N-dealkylation sites (N-methyl/N-ethyl adjacent to an activating group) is 1. The highest BCUT2D eigenvalue weighted by Crippen LogP contribution is 2.24. The number of nitrogens with one attached hydrogen (secondary N) is 1. The second-order valence-corrected chi connectivity index (χ2v) is 9.73. The summed E-state index contributed by atoms with van der Waals surface area (Å²) in [6, 6.07) is 16.9. The summed E-state index contributed by atoms with van der Waals surface area (Å²) in [5.74, 6) is 2.02. The first kappa shape index (κ1) is 23.3. The molecule has 0 amide bonds. The number of benzene rings is 2. The number of fused-ring (bicyclic) bond motifs is 1. The molecule has 2 aromatic carbocycles. The minimum atomic E-state index is 0.564. The average molecular weight is 494 g/mol. The van der Waals surface area contributed by atoms with Crippen molar-refractivity contribution in [3.63, 3.8) is 0 Å². The molecule has 1 fully saturated rings. The van der Waals surface area contributed by atoms with Crippen molar-refractivity contribution in [2.24, 2.45) is 0 Å². The molecule has 6 rings (SSSR count). The molecule has 188 valence electrons. The van der Waals surface area contributed by atoms with E-state index >= 15 is 0 Å². The van der Waals surface area contributed by atoms with Gasteiger partial charge in [0.25, 0.3) is 0 Å². The van der Waals surface area contributed by atoms with Crippen LogP contribution in [0.5, 0.6) is 0 Å². The molecule has 2 aliphatic rings. The summed E-state index contributed by atoms with van der Waals surface area (Å²) in [7, 11) is 2.16. The van der Waals surface area contributed by atoms with Crippen molar-refractivity contribution < 1.29 is 0 Å². The zero-order valence-corrected chi connectivity index (χ0v) is 21.1. The molecule has 0 atom stereocenters. The summed E-state index contributed by atoms with van der Waals surface area (Å²) < 4.78 is 0. The smallest absolute Gasteiger partial charge is 0.231 e. The normalized spacial score (nSPS) is 15.9. The molecule has 4 aromatic rings. The van der Waals surface area contributed by atoms with Crippen molar-refractivity contribution in [1.29, 1.82) is 0 Å². The van der Waals surface area contributed by atoms with Crippen LogP contribution in [0.25, 0.3) is 0 Å². The van der Waals surface area contributed by atoms with E-state index in [4.69, 9.17) is 4.98 Å². The van der Waals surface area contributed by atoms with Crippen LogP contribution in [-0.4, -0.2) is 69.6 Å². The van der Waals surface area contributed by atoms with Crippen LogP contribution in [0.3, 0.4) is 0 Å². The molecule has 9 heteroatoms. The number of rotatable bonds is 6. The van der Waals surface area contributed by atoms with Crippen molar-refractivity contribution in [2.75, 3.05) is 54.9 Å². The lowest BCUT2D eigenvalue weighted by atomic mass is 9.99. The summed E-state index contributed by atoms with van der Waals surface area (Å²) in [5, 5.41) is 3.37. The van der Waals surface area contributed by atoms with Gasteiger partial charge in [-0.2, -0.15) is 4.98 Å². The third kappa shape index (κ3) is 5.51. The molecule has 0 unspecified atom stereocenters. The first-order valence-electron chi connectivity index (χ1n) is 12.8. The lowest BCUT2D eigenvalue weighted by Crippen LogP contribution is -2.47. The van der Waals surface area contributed by atoms with Crippen LogP contribution in [0.15, 0.2) is 67.3 Å². The summed E-state index contributed by atoms with van der Waals surface area (Å²) in [5.41, 5.74) is 6.17. The highest BCUT2D eigenvalue weighted by molar-refractivity contribution is 5.57. The van der Waals surface area contributed by atoms with Gasteiger partial charge in [0.1, 0.15) is 6.33 Å². The number of aromatic nitrogens is 5. The Morgan fingerprint density at radius 3 is 2.30 bits per heavy atom. The van der Waals surface area contributed by atoms with Crippen molar-refractivity contribution in [3.8, 4) is 0 Å². The van der Waals surface area contributed by atoms with Crippen LogP contribution >= 0.6 is 0 Å². The minimum absolute atomic E-state index is 0.564. The Kier molecular flexibility index (Phi) is 6.60. The molecule has 0 saturated carbocycles. The lowest BCUT2D eigenvalue weighted by molar-refractivity contribution is 0.313. The van der Waals surface area contributed by atoms with Gasteiger partial charge in [-0.25, -0.2) is 19.9 Å². The summed E-state index contributed by atoms with van der Waals surface area (Å²) in [6.45, 7) is 5.29. The molecule has 2 aromatic heterocycles. The zero-order chi connectivity index (χ0) is 25.0. The molecule has 0 bridgehead atoms. The van der Waals surface area contributed by atoms with Gasteiger partial charge in [0.2, 0.25) is 17.8 Å². The van der Waals surface area contributed by atoms with Gasteiger partial charge in [0, 0.05) is 63.8 Å². The second kappa shape index (κ2) is 10.5. The first-order chi connectivity index (χ1) is 18.2. The molecular weight excluding hydrogens is 462 g/mol. The molecule has 0 spiro atoms. The Bertz CT molecular complexity index is 1340. The second-order valence-electron chi connectivity index (χ2n) is 9.73. The van der Waals surface area contributed by atoms with Crippen LogP contribution in [0.2, 0.25) is 0 Å². The third-order valence-corrected chi connectivity index (χ3v) is 7.01. The third-order valence-electron chi connectivity index (χ3n) is 7.01. The summed E-state index contributed by atoms with van der Waals surface area (Å²) in [6.07, 6.45) is 7.39.